The van der Waals surface area contributed by atoms with Crippen molar-refractivity contribution in [2.75, 3.05) is 13.7 Å². The molecule has 6 rings (SSSR count). The van der Waals surface area contributed by atoms with Crippen molar-refractivity contribution < 1.29 is 64.7 Å². The molecule has 0 spiro atoms. The lowest BCUT2D eigenvalue weighted by Gasteiger charge is -2.39. The van der Waals surface area contributed by atoms with Crippen molar-refractivity contribution in [3.63, 3.8) is 0 Å². The molecule has 0 radical (unpaired) electrons. The number of fused-ring (bicyclic) bond motifs is 2. The molecule has 13 heteroatoms. The average molecular weight is 675 g/mol. The van der Waals surface area contributed by atoms with Crippen LogP contribution in [-0.2, 0) is 4.74 Å². The van der Waals surface area contributed by atoms with Crippen LogP contribution in [-0.4, -0.2) is 96.8 Å². The maximum Gasteiger partial charge on any atom is 0.229 e. The molecule has 8 N–H and O–H groups in total. The Bertz CT molecular complexity index is 1920. The van der Waals surface area contributed by atoms with E-state index in [1.54, 1.807) is 43.3 Å². The first kappa shape index (κ1) is 34.9. The van der Waals surface area contributed by atoms with E-state index in [4.69, 9.17) is 14.2 Å². The number of carbonyl (C=O) groups excluding carboxylic acids is 2. The standard InChI is InChI=1S/C21H24O9.C15H10O4/c1-28-16-5-4-11(8-15(16)24)2-3-12-6-13(23)9-14(7-12)29-21-20(27)19(26)18(25)17(10-22)30-21;1-7-5-9-13(11(17)6-7)15(19)12-8(14(9)18)3-2-4-10(12)16/h2-9,17-27H,10H2,1H3;2-6,16-17H,1H3/b3-2+;. The molecule has 1 heterocycles. The third-order valence-corrected chi connectivity index (χ3v) is 7.93. The third kappa shape index (κ3) is 7.21. The lowest BCUT2D eigenvalue weighted by Crippen LogP contribution is -2.60. The number of aryl methyl sites for hydroxylation is 1. The SMILES string of the molecule is COc1ccc(/C=C/c2cc(O)cc(OC3OC(CO)C(O)C(O)C3O)c2)cc1O.Cc1cc(O)c2c(c1)C(=O)c1cccc(O)c1C2=O. The average Bonchev–Trinajstić information content (AvgIpc) is 3.06. The number of phenolic OH excluding ortho intramolecular Hbond substituents is 4. The predicted octanol–water partition coefficient (Wildman–Crippen LogP) is 2.64. The number of aliphatic hydroxyl groups is 4. The first-order valence-electron chi connectivity index (χ1n) is 14.9. The summed E-state index contributed by atoms with van der Waals surface area (Å²) in [6.07, 6.45) is -3.72. The van der Waals surface area contributed by atoms with E-state index in [0.717, 1.165) is 0 Å². The Morgan fingerprint density at radius 3 is 2.14 bits per heavy atom. The number of ether oxygens (including phenoxy) is 3. The van der Waals surface area contributed by atoms with E-state index in [-0.39, 0.29) is 56.8 Å². The molecule has 4 aromatic rings. The van der Waals surface area contributed by atoms with Crippen LogP contribution < -0.4 is 9.47 Å². The van der Waals surface area contributed by atoms with Gasteiger partial charge in [0, 0.05) is 17.2 Å². The molecule has 5 unspecified atom stereocenters. The van der Waals surface area contributed by atoms with Crippen LogP contribution in [0.5, 0.6) is 34.5 Å². The number of hydrogen-bond acceptors (Lipinski definition) is 13. The maximum atomic E-state index is 12.3. The first-order valence-corrected chi connectivity index (χ1v) is 14.9. The molecule has 1 fully saturated rings. The maximum absolute atomic E-state index is 12.3. The molecule has 49 heavy (non-hydrogen) atoms. The van der Waals surface area contributed by atoms with Crippen LogP contribution in [0.3, 0.4) is 0 Å². The first-order chi connectivity index (χ1) is 23.3. The second-order valence-corrected chi connectivity index (χ2v) is 11.4. The van der Waals surface area contributed by atoms with Gasteiger partial charge >= 0.3 is 0 Å². The van der Waals surface area contributed by atoms with Crippen molar-refractivity contribution in [3.05, 3.63) is 106 Å². The third-order valence-electron chi connectivity index (χ3n) is 7.93. The second kappa shape index (κ2) is 14.4. The molecule has 256 valence electrons. The summed E-state index contributed by atoms with van der Waals surface area (Å²) < 4.78 is 15.8. The van der Waals surface area contributed by atoms with Gasteiger partial charge in [0.1, 0.15) is 47.4 Å². The van der Waals surface area contributed by atoms with E-state index in [1.165, 1.54) is 49.6 Å². The van der Waals surface area contributed by atoms with Crippen LogP contribution in [0.25, 0.3) is 12.2 Å². The van der Waals surface area contributed by atoms with Crippen LogP contribution in [0.2, 0.25) is 0 Å². The Morgan fingerprint density at radius 2 is 1.45 bits per heavy atom. The zero-order valence-electron chi connectivity index (χ0n) is 26.2. The van der Waals surface area contributed by atoms with Crippen LogP contribution >= 0.6 is 0 Å². The van der Waals surface area contributed by atoms with Gasteiger partial charge in [-0.15, -0.1) is 0 Å². The number of aromatic hydroxyl groups is 4. The van der Waals surface area contributed by atoms with E-state index in [1.807, 2.05) is 0 Å². The minimum absolute atomic E-state index is 0.0119. The second-order valence-electron chi connectivity index (χ2n) is 11.4. The summed E-state index contributed by atoms with van der Waals surface area (Å²) in [6.45, 7) is 1.16. The Labute approximate surface area is 279 Å². The summed E-state index contributed by atoms with van der Waals surface area (Å²) >= 11 is 0. The molecule has 0 bridgehead atoms. The van der Waals surface area contributed by atoms with Crippen molar-refractivity contribution in [1.29, 1.82) is 0 Å². The Hall–Kier alpha value is -5.44. The van der Waals surface area contributed by atoms with Crippen molar-refractivity contribution >= 4 is 23.7 Å². The Kier molecular flexibility index (Phi) is 10.2. The number of benzene rings is 4. The Balaban J connectivity index is 0.000000211. The van der Waals surface area contributed by atoms with Crippen molar-refractivity contribution in [2.45, 2.75) is 37.6 Å². The lowest BCUT2D eigenvalue weighted by molar-refractivity contribution is -0.277. The molecule has 1 aliphatic carbocycles. The van der Waals surface area contributed by atoms with Gasteiger partial charge in [0.25, 0.3) is 0 Å². The molecule has 2 aliphatic rings. The van der Waals surface area contributed by atoms with E-state index >= 15 is 0 Å². The molecule has 1 aliphatic heterocycles. The van der Waals surface area contributed by atoms with E-state index in [0.29, 0.717) is 22.4 Å². The van der Waals surface area contributed by atoms with Crippen molar-refractivity contribution in [1.82, 2.24) is 0 Å². The fourth-order valence-corrected chi connectivity index (χ4v) is 5.50. The molecule has 0 aromatic heterocycles. The molecular weight excluding hydrogens is 640 g/mol. The minimum atomic E-state index is -1.57. The normalized spacial score (nSPS) is 21.4. The zero-order chi connectivity index (χ0) is 35.6. The number of hydrogen-bond donors (Lipinski definition) is 8. The summed E-state index contributed by atoms with van der Waals surface area (Å²) in [5.41, 5.74) is 2.20. The molecule has 0 saturated carbocycles. The highest BCUT2D eigenvalue weighted by molar-refractivity contribution is 6.30. The number of aliphatic hydroxyl groups excluding tert-OH is 4. The van der Waals surface area contributed by atoms with E-state index in [9.17, 15) is 50.4 Å². The van der Waals surface area contributed by atoms with Crippen LogP contribution in [0.15, 0.2) is 66.7 Å². The Morgan fingerprint density at radius 1 is 0.735 bits per heavy atom. The molecular formula is C36H34O13. The summed E-state index contributed by atoms with van der Waals surface area (Å²) in [5, 5.41) is 78.5. The van der Waals surface area contributed by atoms with E-state index in [2.05, 4.69) is 0 Å². The number of methoxy groups -OCH3 is 1. The quantitative estimate of drug-likeness (QED) is 0.122. The largest absolute Gasteiger partial charge is 0.508 e. The van der Waals surface area contributed by atoms with E-state index < -0.39 is 43.1 Å². The highest BCUT2D eigenvalue weighted by atomic mass is 16.7. The van der Waals surface area contributed by atoms with Crippen LogP contribution in [0, 0.1) is 6.92 Å². The topological polar surface area (TPSA) is 224 Å². The molecule has 0 amide bonds. The highest BCUT2D eigenvalue weighted by Crippen LogP contribution is 2.37. The van der Waals surface area contributed by atoms with Gasteiger partial charge < -0.3 is 55.1 Å². The molecule has 5 atom stereocenters. The number of phenols is 4. The zero-order valence-corrected chi connectivity index (χ0v) is 26.2. The lowest BCUT2D eigenvalue weighted by atomic mass is 9.82. The number of carbonyl (C=O) groups is 2. The van der Waals surface area contributed by atoms with Crippen molar-refractivity contribution in [3.8, 4) is 34.5 Å². The van der Waals surface area contributed by atoms with Gasteiger partial charge in [0.15, 0.2) is 17.3 Å². The van der Waals surface area contributed by atoms with Gasteiger partial charge in [-0.25, -0.2) is 0 Å². The van der Waals surface area contributed by atoms with Gasteiger partial charge in [-0.05, 0) is 66.1 Å². The summed E-state index contributed by atoms with van der Waals surface area (Å²) in [5.74, 6) is -1.02. The van der Waals surface area contributed by atoms with Gasteiger partial charge in [-0.2, -0.15) is 0 Å². The van der Waals surface area contributed by atoms with Gasteiger partial charge in [0.05, 0.1) is 24.8 Å². The van der Waals surface area contributed by atoms with Gasteiger partial charge in [0.2, 0.25) is 12.1 Å². The van der Waals surface area contributed by atoms with Crippen LogP contribution in [0.1, 0.15) is 48.5 Å². The fraction of sp³-hybridized carbons (Fsp3) is 0.222. The van der Waals surface area contributed by atoms with Crippen molar-refractivity contribution in [2.24, 2.45) is 0 Å². The number of rotatable bonds is 6. The molecule has 1 saturated heterocycles. The molecule has 13 nitrogen and oxygen atoms in total. The highest BCUT2D eigenvalue weighted by Gasteiger charge is 2.44. The predicted molar refractivity (Wildman–Crippen MR) is 174 cm³/mol. The van der Waals surface area contributed by atoms with Gasteiger partial charge in [-0.3, -0.25) is 9.59 Å². The summed E-state index contributed by atoms with van der Waals surface area (Å²) in [7, 11) is 1.45. The smallest absolute Gasteiger partial charge is 0.229 e. The minimum Gasteiger partial charge on any atom is -0.508 e. The molecule has 4 aromatic carbocycles. The monoisotopic (exact) mass is 674 g/mol. The fourth-order valence-electron chi connectivity index (χ4n) is 5.50. The van der Waals surface area contributed by atoms with Crippen LogP contribution in [0.4, 0.5) is 0 Å². The summed E-state index contributed by atoms with van der Waals surface area (Å²) in [6, 6.07) is 16.5. The summed E-state index contributed by atoms with van der Waals surface area (Å²) in [4.78, 5) is 24.7. The number of ketones is 2. The van der Waals surface area contributed by atoms with Gasteiger partial charge in [-0.1, -0.05) is 30.4 Å².